The monoisotopic (exact) mass is 521 g/mol. The van der Waals surface area contributed by atoms with Crippen LogP contribution in [0.4, 0.5) is 11.4 Å². The number of hydrogen-bond acceptors (Lipinski definition) is 6. The molecule has 1 fully saturated rings. The van der Waals surface area contributed by atoms with Gasteiger partial charge in [0.1, 0.15) is 0 Å². The van der Waals surface area contributed by atoms with E-state index in [2.05, 4.69) is 0 Å². The third-order valence-corrected chi connectivity index (χ3v) is 9.20. The number of anilines is 2. The van der Waals surface area contributed by atoms with Crippen molar-refractivity contribution in [1.29, 1.82) is 0 Å². The van der Waals surface area contributed by atoms with Crippen LogP contribution in [0.1, 0.15) is 41.6 Å². The van der Waals surface area contributed by atoms with E-state index in [4.69, 9.17) is 10.5 Å². The molecule has 0 bridgehead atoms. The number of carbonyl (C=O) groups is 2. The van der Waals surface area contributed by atoms with Crippen LogP contribution in [0.15, 0.2) is 59.5 Å². The van der Waals surface area contributed by atoms with E-state index in [0.29, 0.717) is 43.8 Å². The minimum absolute atomic E-state index is 0.0479. The fraction of sp³-hybridized carbons (Fsp3) is 0.357. The molecule has 1 amide bonds. The summed E-state index contributed by atoms with van der Waals surface area (Å²) in [5, 5.41) is 1.71. The number of ether oxygens (including phenoxy) is 1. The summed E-state index contributed by atoms with van der Waals surface area (Å²) in [6.07, 6.45) is 2.80. The molecule has 2 N–H and O–H groups in total. The van der Waals surface area contributed by atoms with Crippen LogP contribution < -0.4 is 10.6 Å². The van der Waals surface area contributed by atoms with Crippen LogP contribution in [0.25, 0.3) is 10.8 Å². The molecule has 2 aliphatic rings. The Bertz CT molecular complexity index is 1450. The Kier molecular flexibility index (Phi) is 7.02. The first-order valence-corrected chi connectivity index (χ1v) is 14.0. The van der Waals surface area contributed by atoms with E-state index in [1.54, 1.807) is 24.1 Å². The SMILES string of the molecule is COCCCN1C(=O)c2cccc3c(CC(=O)C4CCCCN4S(=O)(=O)c4ccc(N)cc4)ccc1c23. The van der Waals surface area contributed by atoms with Crippen LogP contribution in [0.2, 0.25) is 0 Å². The first-order valence-electron chi connectivity index (χ1n) is 12.6. The maximum atomic E-state index is 13.6. The van der Waals surface area contributed by atoms with Crippen LogP contribution >= 0.6 is 0 Å². The number of sulfonamides is 1. The number of carbonyl (C=O) groups excluding carboxylic acids is 2. The molecule has 0 aliphatic carbocycles. The number of ketones is 1. The van der Waals surface area contributed by atoms with Crippen molar-refractivity contribution >= 4 is 43.9 Å². The molecule has 0 spiro atoms. The van der Waals surface area contributed by atoms with E-state index in [0.717, 1.165) is 34.9 Å². The Morgan fingerprint density at radius 3 is 2.62 bits per heavy atom. The summed E-state index contributed by atoms with van der Waals surface area (Å²) in [7, 11) is -2.20. The van der Waals surface area contributed by atoms with E-state index in [-0.39, 0.29) is 23.0 Å². The zero-order chi connectivity index (χ0) is 26.2. The lowest BCUT2D eigenvalue weighted by atomic mass is 9.93. The van der Waals surface area contributed by atoms with Gasteiger partial charge in [-0.05, 0) is 66.6 Å². The van der Waals surface area contributed by atoms with E-state index < -0.39 is 16.1 Å². The van der Waals surface area contributed by atoms with Crippen molar-refractivity contribution in [3.8, 4) is 0 Å². The highest BCUT2D eigenvalue weighted by Crippen LogP contribution is 2.39. The number of Topliss-reactive ketones (excluding diaryl/α,β-unsaturated/α-hetero) is 1. The highest BCUT2D eigenvalue weighted by molar-refractivity contribution is 7.89. The molecule has 8 nitrogen and oxygen atoms in total. The lowest BCUT2D eigenvalue weighted by Crippen LogP contribution is -2.48. The summed E-state index contributed by atoms with van der Waals surface area (Å²) >= 11 is 0. The van der Waals surface area contributed by atoms with Gasteiger partial charge in [0.05, 0.1) is 16.6 Å². The predicted molar refractivity (Wildman–Crippen MR) is 143 cm³/mol. The number of amides is 1. The van der Waals surface area contributed by atoms with Crippen molar-refractivity contribution < 1.29 is 22.7 Å². The maximum absolute atomic E-state index is 13.6. The number of nitrogens with two attached hydrogens (primary N) is 1. The molecule has 37 heavy (non-hydrogen) atoms. The summed E-state index contributed by atoms with van der Waals surface area (Å²) in [5.74, 6) is -0.186. The second kappa shape index (κ2) is 10.2. The molecule has 1 saturated heterocycles. The molecule has 1 atom stereocenters. The average Bonchev–Trinajstić information content (AvgIpc) is 3.18. The van der Waals surface area contributed by atoms with E-state index >= 15 is 0 Å². The lowest BCUT2D eigenvalue weighted by Gasteiger charge is -2.33. The highest BCUT2D eigenvalue weighted by atomic mass is 32.2. The largest absolute Gasteiger partial charge is 0.399 e. The number of rotatable bonds is 9. The first kappa shape index (κ1) is 25.4. The van der Waals surface area contributed by atoms with Crippen LogP contribution in [0, 0.1) is 0 Å². The normalized spacial score (nSPS) is 18.0. The molecule has 3 aromatic carbocycles. The quantitative estimate of drug-likeness (QED) is 0.339. The Hall–Kier alpha value is -3.27. The summed E-state index contributed by atoms with van der Waals surface area (Å²) < 4.78 is 33.4. The number of piperidine rings is 1. The van der Waals surface area contributed by atoms with Crippen LogP contribution in [0.3, 0.4) is 0 Å². The number of nitrogens with zero attached hydrogens (tertiary/aromatic N) is 2. The molecule has 0 aromatic heterocycles. The fourth-order valence-electron chi connectivity index (χ4n) is 5.44. The fourth-order valence-corrected chi connectivity index (χ4v) is 7.12. The number of benzene rings is 3. The highest BCUT2D eigenvalue weighted by Gasteiger charge is 2.38. The second-order valence-corrected chi connectivity index (χ2v) is 11.5. The van der Waals surface area contributed by atoms with Gasteiger partial charge in [-0.1, -0.05) is 24.6 Å². The van der Waals surface area contributed by atoms with Gasteiger partial charge in [-0.3, -0.25) is 9.59 Å². The van der Waals surface area contributed by atoms with Crippen molar-refractivity contribution in [1.82, 2.24) is 4.31 Å². The van der Waals surface area contributed by atoms with Gasteiger partial charge in [-0.15, -0.1) is 0 Å². The van der Waals surface area contributed by atoms with Crippen molar-refractivity contribution in [2.24, 2.45) is 0 Å². The summed E-state index contributed by atoms with van der Waals surface area (Å²) in [6.45, 7) is 1.42. The molecular formula is C28H31N3O5S. The van der Waals surface area contributed by atoms with Gasteiger partial charge in [0.25, 0.3) is 5.91 Å². The van der Waals surface area contributed by atoms with Gasteiger partial charge in [-0.25, -0.2) is 8.42 Å². The molecule has 0 saturated carbocycles. The van der Waals surface area contributed by atoms with Crippen molar-refractivity contribution in [3.63, 3.8) is 0 Å². The zero-order valence-corrected chi connectivity index (χ0v) is 21.7. The van der Waals surface area contributed by atoms with E-state index in [1.807, 2.05) is 30.3 Å². The molecule has 0 radical (unpaired) electrons. The topological polar surface area (TPSA) is 110 Å². The van der Waals surface area contributed by atoms with Gasteiger partial charge in [0.15, 0.2) is 5.78 Å². The summed E-state index contributed by atoms with van der Waals surface area (Å²) in [6, 6.07) is 14.7. The van der Waals surface area contributed by atoms with Gasteiger partial charge in [0.2, 0.25) is 10.0 Å². The van der Waals surface area contributed by atoms with Crippen LogP contribution in [-0.2, 0) is 26.0 Å². The summed E-state index contributed by atoms with van der Waals surface area (Å²) in [5.41, 5.74) is 8.48. The van der Waals surface area contributed by atoms with Gasteiger partial charge < -0.3 is 15.4 Å². The minimum atomic E-state index is -3.84. The third kappa shape index (κ3) is 4.63. The lowest BCUT2D eigenvalue weighted by molar-refractivity contribution is -0.122. The van der Waals surface area contributed by atoms with E-state index in [1.165, 1.54) is 16.4 Å². The Morgan fingerprint density at radius 2 is 1.86 bits per heavy atom. The molecule has 3 aromatic rings. The first-order chi connectivity index (χ1) is 17.8. The molecule has 9 heteroatoms. The average molecular weight is 522 g/mol. The van der Waals surface area contributed by atoms with Crippen molar-refractivity contribution in [2.75, 3.05) is 37.4 Å². The number of hydrogen-bond donors (Lipinski definition) is 1. The molecule has 2 aliphatic heterocycles. The van der Waals surface area contributed by atoms with Gasteiger partial charge in [0, 0.05) is 49.9 Å². The Labute approximate surface area is 217 Å². The van der Waals surface area contributed by atoms with E-state index in [9.17, 15) is 18.0 Å². The van der Waals surface area contributed by atoms with Gasteiger partial charge >= 0.3 is 0 Å². The maximum Gasteiger partial charge on any atom is 0.258 e. The van der Waals surface area contributed by atoms with Crippen molar-refractivity contribution in [2.45, 2.75) is 43.0 Å². The zero-order valence-electron chi connectivity index (χ0n) is 20.9. The standard InChI is InChI=1S/C28H31N3O5S/c1-36-17-5-15-30-25-14-9-19(22-6-4-7-23(27(22)25)28(30)33)18-26(32)24-8-2-3-16-31(24)37(34,35)21-12-10-20(29)11-13-21/h4,6-7,9-14,24H,2-3,5,8,15-18,29H2,1H3. The molecule has 1 unspecified atom stereocenters. The molecule has 2 heterocycles. The Morgan fingerprint density at radius 1 is 1.08 bits per heavy atom. The number of nitrogen functional groups attached to an aromatic ring is 1. The van der Waals surface area contributed by atoms with Crippen molar-refractivity contribution in [3.05, 3.63) is 65.7 Å². The molecule has 5 rings (SSSR count). The van der Waals surface area contributed by atoms with Crippen LogP contribution in [0.5, 0.6) is 0 Å². The smallest absolute Gasteiger partial charge is 0.258 e. The minimum Gasteiger partial charge on any atom is -0.399 e. The predicted octanol–water partition coefficient (Wildman–Crippen LogP) is 3.77. The molecular weight excluding hydrogens is 490 g/mol. The Balaban J connectivity index is 1.44. The summed E-state index contributed by atoms with van der Waals surface area (Å²) in [4.78, 5) is 28.6. The second-order valence-electron chi connectivity index (χ2n) is 9.61. The third-order valence-electron chi connectivity index (χ3n) is 7.28. The van der Waals surface area contributed by atoms with Gasteiger partial charge in [-0.2, -0.15) is 4.31 Å². The number of methoxy groups -OCH3 is 1. The molecule has 194 valence electrons. The van der Waals surface area contributed by atoms with Crippen LogP contribution in [-0.4, -0.2) is 57.3 Å².